The third-order valence-electron chi connectivity index (χ3n) is 4.78. The van der Waals surface area contributed by atoms with Crippen LogP contribution in [0.25, 0.3) is 21.5 Å². The van der Waals surface area contributed by atoms with Crippen LogP contribution in [-0.4, -0.2) is 6.54 Å². The summed E-state index contributed by atoms with van der Waals surface area (Å²) in [5.41, 5.74) is 8.91. The molecule has 1 heteroatoms. The molecule has 0 fully saturated rings. The Kier molecular flexibility index (Phi) is 2.75. The molecule has 0 bridgehead atoms. The molecule has 0 saturated heterocycles. The van der Waals surface area contributed by atoms with Gasteiger partial charge in [0.2, 0.25) is 0 Å². The van der Waals surface area contributed by atoms with E-state index in [1.807, 2.05) is 0 Å². The third-order valence-corrected chi connectivity index (χ3v) is 4.78. The summed E-state index contributed by atoms with van der Waals surface area (Å²) < 4.78 is 0. The van der Waals surface area contributed by atoms with Crippen LogP contribution >= 0.6 is 0 Å². The van der Waals surface area contributed by atoms with Gasteiger partial charge < -0.3 is 5.73 Å². The van der Waals surface area contributed by atoms with Gasteiger partial charge in [-0.25, -0.2) is 0 Å². The van der Waals surface area contributed by atoms with Gasteiger partial charge in [0, 0.05) is 0 Å². The second-order valence-electron chi connectivity index (χ2n) is 5.93. The van der Waals surface area contributed by atoms with Gasteiger partial charge in [-0.05, 0) is 64.4 Å². The van der Waals surface area contributed by atoms with Gasteiger partial charge in [-0.2, -0.15) is 0 Å². The lowest BCUT2D eigenvalue weighted by Gasteiger charge is -2.25. The predicted molar refractivity (Wildman–Crippen MR) is 86.0 cm³/mol. The standard InChI is InChI=1S/C19H19N/c20-12-13-5-8-17-15(11-13)7-10-18-16-4-2-1-3-14(16)6-9-19(17)18/h1-4,6-7,9-10,13H,5,8,11-12,20H2. The molecule has 0 aliphatic heterocycles. The quantitative estimate of drug-likeness (QED) is 0.657. The summed E-state index contributed by atoms with van der Waals surface area (Å²) in [5.74, 6) is 0.667. The van der Waals surface area contributed by atoms with Crippen LogP contribution in [-0.2, 0) is 12.8 Å². The van der Waals surface area contributed by atoms with E-state index in [4.69, 9.17) is 5.73 Å². The largest absolute Gasteiger partial charge is 0.330 e. The Morgan fingerprint density at radius 1 is 0.900 bits per heavy atom. The van der Waals surface area contributed by atoms with Crippen molar-refractivity contribution in [1.82, 2.24) is 0 Å². The molecule has 0 amide bonds. The molecule has 0 radical (unpaired) electrons. The van der Waals surface area contributed by atoms with Gasteiger partial charge in [-0.15, -0.1) is 0 Å². The maximum atomic E-state index is 5.85. The number of benzene rings is 3. The van der Waals surface area contributed by atoms with Crippen molar-refractivity contribution in [3.05, 3.63) is 59.7 Å². The fourth-order valence-corrected chi connectivity index (χ4v) is 3.64. The highest BCUT2D eigenvalue weighted by molar-refractivity contribution is 6.08. The Morgan fingerprint density at radius 3 is 2.65 bits per heavy atom. The second kappa shape index (κ2) is 4.60. The van der Waals surface area contributed by atoms with E-state index < -0.39 is 0 Å². The van der Waals surface area contributed by atoms with E-state index in [-0.39, 0.29) is 0 Å². The Bertz CT molecular complexity index is 788. The zero-order valence-corrected chi connectivity index (χ0v) is 11.6. The van der Waals surface area contributed by atoms with Crippen LogP contribution in [0.1, 0.15) is 17.5 Å². The molecule has 1 unspecified atom stereocenters. The Hall–Kier alpha value is -1.86. The third kappa shape index (κ3) is 1.74. The van der Waals surface area contributed by atoms with Gasteiger partial charge in [0.15, 0.2) is 0 Å². The van der Waals surface area contributed by atoms with Crippen molar-refractivity contribution in [2.24, 2.45) is 11.7 Å². The lowest BCUT2D eigenvalue weighted by atomic mass is 9.81. The zero-order chi connectivity index (χ0) is 13.5. The maximum absolute atomic E-state index is 5.85. The molecule has 0 spiro atoms. The topological polar surface area (TPSA) is 26.0 Å². The molecule has 100 valence electrons. The van der Waals surface area contributed by atoms with E-state index in [0.717, 1.165) is 13.0 Å². The monoisotopic (exact) mass is 261 g/mol. The molecule has 20 heavy (non-hydrogen) atoms. The van der Waals surface area contributed by atoms with Gasteiger partial charge in [-0.3, -0.25) is 0 Å². The van der Waals surface area contributed by atoms with Gasteiger partial charge in [0.25, 0.3) is 0 Å². The predicted octanol–water partition coefficient (Wildman–Crippen LogP) is 4.06. The van der Waals surface area contributed by atoms with E-state index in [1.54, 1.807) is 5.56 Å². The first-order valence-corrected chi connectivity index (χ1v) is 7.49. The zero-order valence-electron chi connectivity index (χ0n) is 11.6. The van der Waals surface area contributed by atoms with Gasteiger partial charge in [0.1, 0.15) is 0 Å². The minimum Gasteiger partial charge on any atom is -0.330 e. The molecule has 0 aromatic heterocycles. The molecule has 1 atom stereocenters. The van der Waals surface area contributed by atoms with Gasteiger partial charge >= 0.3 is 0 Å². The van der Waals surface area contributed by atoms with Crippen molar-refractivity contribution in [3.8, 4) is 0 Å². The van der Waals surface area contributed by atoms with Crippen LogP contribution in [0.15, 0.2) is 48.5 Å². The first kappa shape index (κ1) is 11.9. The number of aryl methyl sites for hydroxylation is 1. The van der Waals surface area contributed by atoms with E-state index in [2.05, 4.69) is 48.5 Å². The fourth-order valence-electron chi connectivity index (χ4n) is 3.64. The van der Waals surface area contributed by atoms with Crippen LogP contribution in [0, 0.1) is 5.92 Å². The van der Waals surface area contributed by atoms with Crippen molar-refractivity contribution in [1.29, 1.82) is 0 Å². The van der Waals surface area contributed by atoms with Crippen LogP contribution in [0.4, 0.5) is 0 Å². The van der Waals surface area contributed by atoms with Crippen molar-refractivity contribution in [2.75, 3.05) is 6.54 Å². The molecule has 2 N–H and O–H groups in total. The first-order chi connectivity index (χ1) is 9.86. The molecular formula is C19H19N. The minimum atomic E-state index is 0.667. The van der Waals surface area contributed by atoms with Crippen molar-refractivity contribution in [3.63, 3.8) is 0 Å². The fraction of sp³-hybridized carbons (Fsp3) is 0.263. The molecule has 1 aliphatic carbocycles. The molecule has 0 saturated carbocycles. The molecule has 4 rings (SSSR count). The van der Waals surface area contributed by atoms with E-state index in [0.29, 0.717) is 5.92 Å². The number of fused-ring (bicyclic) bond motifs is 5. The summed E-state index contributed by atoms with van der Waals surface area (Å²) in [4.78, 5) is 0. The van der Waals surface area contributed by atoms with Crippen molar-refractivity contribution >= 4 is 21.5 Å². The number of hydrogen-bond acceptors (Lipinski definition) is 1. The lowest BCUT2D eigenvalue weighted by molar-refractivity contribution is 0.470. The highest BCUT2D eigenvalue weighted by Crippen LogP contribution is 2.34. The van der Waals surface area contributed by atoms with Crippen molar-refractivity contribution < 1.29 is 0 Å². The van der Waals surface area contributed by atoms with Crippen LogP contribution in [0.3, 0.4) is 0 Å². The Balaban J connectivity index is 1.99. The molecule has 3 aromatic carbocycles. The highest BCUT2D eigenvalue weighted by Gasteiger charge is 2.19. The summed E-state index contributed by atoms with van der Waals surface area (Å²) in [6.45, 7) is 0.815. The summed E-state index contributed by atoms with van der Waals surface area (Å²) >= 11 is 0. The van der Waals surface area contributed by atoms with Crippen molar-refractivity contribution in [2.45, 2.75) is 19.3 Å². The summed E-state index contributed by atoms with van der Waals surface area (Å²) in [6.07, 6.45) is 3.55. The van der Waals surface area contributed by atoms with Crippen LogP contribution in [0.5, 0.6) is 0 Å². The van der Waals surface area contributed by atoms with Gasteiger partial charge in [-0.1, -0.05) is 48.5 Å². The smallest absolute Gasteiger partial charge is 0.00456 e. The molecule has 1 nitrogen and oxygen atoms in total. The maximum Gasteiger partial charge on any atom is -0.00456 e. The SMILES string of the molecule is NCC1CCc2c(ccc3c2ccc2ccccc23)C1. The molecule has 1 aliphatic rings. The first-order valence-electron chi connectivity index (χ1n) is 7.49. The number of rotatable bonds is 1. The van der Waals surface area contributed by atoms with E-state index >= 15 is 0 Å². The number of nitrogens with two attached hydrogens (primary N) is 1. The minimum absolute atomic E-state index is 0.667. The van der Waals surface area contributed by atoms with E-state index in [9.17, 15) is 0 Å². The second-order valence-corrected chi connectivity index (χ2v) is 5.93. The summed E-state index contributed by atoms with van der Waals surface area (Å²) in [6, 6.07) is 17.9. The molecular weight excluding hydrogens is 242 g/mol. The Morgan fingerprint density at radius 2 is 1.75 bits per heavy atom. The lowest BCUT2D eigenvalue weighted by Crippen LogP contribution is -2.22. The molecule has 3 aromatic rings. The molecule has 0 heterocycles. The van der Waals surface area contributed by atoms with Crippen LogP contribution < -0.4 is 5.73 Å². The normalized spacial score (nSPS) is 18.4. The number of hydrogen-bond donors (Lipinski definition) is 1. The van der Waals surface area contributed by atoms with E-state index in [1.165, 1.54) is 39.9 Å². The van der Waals surface area contributed by atoms with Crippen LogP contribution in [0.2, 0.25) is 0 Å². The average molecular weight is 261 g/mol. The highest BCUT2D eigenvalue weighted by atomic mass is 14.5. The Labute approximate surface area is 119 Å². The average Bonchev–Trinajstić information content (AvgIpc) is 2.53. The summed E-state index contributed by atoms with van der Waals surface area (Å²) in [5, 5.41) is 5.54. The summed E-state index contributed by atoms with van der Waals surface area (Å²) in [7, 11) is 0. The van der Waals surface area contributed by atoms with Gasteiger partial charge in [0.05, 0.1) is 0 Å².